The third-order valence-corrected chi connectivity index (χ3v) is 3.56. The minimum atomic E-state index is -1.22. The number of carbonyl (C=O) groups is 1. The average molecular weight is 274 g/mol. The lowest BCUT2D eigenvalue weighted by atomic mass is 10.3. The number of aryl methyl sites for hydroxylation is 1. The SMILES string of the molecule is CCCC[n+]1csc(CCO)c1C.NCC(=O)[O-]. The number of thiazole rings is 1. The molecule has 0 aliphatic rings. The number of aliphatic carboxylic acids is 1. The molecule has 0 bridgehead atoms. The molecular formula is C12H22N2O3S. The van der Waals surface area contributed by atoms with Gasteiger partial charge in [0.25, 0.3) is 0 Å². The van der Waals surface area contributed by atoms with Gasteiger partial charge in [0.2, 0.25) is 5.51 Å². The molecule has 0 aromatic carbocycles. The summed E-state index contributed by atoms with van der Waals surface area (Å²) in [6.07, 6.45) is 3.27. The molecule has 0 fully saturated rings. The van der Waals surface area contributed by atoms with E-state index in [4.69, 9.17) is 15.0 Å². The quantitative estimate of drug-likeness (QED) is 0.676. The van der Waals surface area contributed by atoms with E-state index in [2.05, 4.69) is 29.7 Å². The van der Waals surface area contributed by atoms with Gasteiger partial charge >= 0.3 is 0 Å². The molecule has 104 valence electrons. The van der Waals surface area contributed by atoms with E-state index in [1.807, 2.05) is 0 Å². The van der Waals surface area contributed by atoms with Crippen molar-refractivity contribution in [1.82, 2.24) is 0 Å². The molecule has 0 aliphatic carbocycles. The van der Waals surface area contributed by atoms with Gasteiger partial charge in [-0.15, -0.1) is 0 Å². The molecular weight excluding hydrogens is 252 g/mol. The van der Waals surface area contributed by atoms with Crippen molar-refractivity contribution in [3.63, 3.8) is 0 Å². The number of nitrogens with zero attached hydrogens (tertiary/aromatic N) is 1. The fourth-order valence-electron chi connectivity index (χ4n) is 1.34. The van der Waals surface area contributed by atoms with Crippen LogP contribution in [0.25, 0.3) is 0 Å². The van der Waals surface area contributed by atoms with E-state index >= 15 is 0 Å². The van der Waals surface area contributed by atoms with Crippen molar-refractivity contribution in [1.29, 1.82) is 0 Å². The van der Waals surface area contributed by atoms with E-state index in [1.54, 1.807) is 11.3 Å². The second-order valence-corrected chi connectivity index (χ2v) is 4.77. The van der Waals surface area contributed by atoms with Crippen molar-refractivity contribution in [2.24, 2.45) is 5.73 Å². The molecule has 0 saturated heterocycles. The zero-order valence-corrected chi connectivity index (χ0v) is 11.8. The normalized spacial score (nSPS) is 9.78. The minimum Gasteiger partial charge on any atom is -0.549 e. The second-order valence-electron chi connectivity index (χ2n) is 3.83. The lowest BCUT2D eigenvalue weighted by Gasteiger charge is -1.94. The number of aromatic nitrogens is 1. The molecule has 5 nitrogen and oxygen atoms in total. The number of hydrogen-bond donors (Lipinski definition) is 2. The standard InChI is InChI=1S/C10H18NOS.C2H5NO2/c1-3-4-6-11-8-13-10(5-7-12)9(11)2;3-1-2(4)5/h8,12H,3-7H2,1-2H3;1,3H2,(H,4,5)/q+1;/p-1. The van der Waals surface area contributed by atoms with Crippen LogP contribution in [0.3, 0.4) is 0 Å². The lowest BCUT2D eigenvalue weighted by molar-refractivity contribution is -0.698. The number of aliphatic hydroxyl groups excluding tert-OH is 1. The van der Waals surface area contributed by atoms with Crippen LogP contribution in [-0.2, 0) is 17.8 Å². The number of carboxylic acid groups (broad SMARTS) is 1. The first-order valence-electron chi connectivity index (χ1n) is 6.03. The van der Waals surface area contributed by atoms with Gasteiger partial charge in [-0.05, 0) is 0 Å². The molecule has 0 amide bonds. The first kappa shape index (κ1) is 17.0. The maximum Gasteiger partial charge on any atom is 0.225 e. The largest absolute Gasteiger partial charge is 0.549 e. The molecule has 1 aromatic heterocycles. The van der Waals surface area contributed by atoms with Gasteiger partial charge in [0.15, 0.2) is 5.69 Å². The molecule has 18 heavy (non-hydrogen) atoms. The second kappa shape index (κ2) is 9.99. The third-order valence-electron chi connectivity index (χ3n) is 2.41. The van der Waals surface area contributed by atoms with Gasteiger partial charge in [0.05, 0.1) is 10.8 Å². The number of rotatable bonds is 6. The molecule has 0 aliphatic heterocycles. The Bertz CT molecular complexity index is 353. The Balaban J connectivity index is 0.000000494. The van der Waals surface area contributed by atoms with Crippen molar-refractivity contribution < 1.29 is 19.6 Å². The Morgan fingerprint density at radius 3 is 2.67 bits per heavy atom. The molecule has 1 rings (SSSR count). The molecule has 3 N–H and O–H groups in total. The lowest BCUT2D eigenvalue weighted by Crippen LogP contribution is -2.34. The Hall–Kier alpha value is -0.980. The fourth-order valence-corrected chi connectivity index (χ4v) is 2.36. The minimum absolute atomic E-state index is 0.259. The van der Waals surface area contributed by atoms with Crippen LogP contribution in [0.5, 0.6) is 0 Å². The summed E-state index contributed by atoms with van der Waals surface area (Å²) >= 11 is 1.75. The summed E-state index contributed by atoms with van der Waals surface area (Å²) in [5, 5.41) is 18.0. The van der Waals surface area contributed by atoms with Gasteiger partial charge in [-0.25, -0.2) is 0 Å². The number of nitrogens with two attached hydrogens (primary N) is 1. The van der Waals surface area contributed by atoms with Gasteiger partial charge in [-0.3, -0.25) is 0 Å². The highest BCUT2D eigenvalue weighted by Crippen LogP contribution is 2.11. The zero-order chi connectivity index (χ0) is 14.0. The third kappa shape index (κ3) is 6.68. The molecule has 1 aromatic rings. The van der Waals surface area contributed by atoms with Gasteiger partial charge in [-0.2, -0.15) is 4.57 Å². The molecule has 0 unspecified atom stereocenters. The topological polar surface area (TPSA) is 90.3 Å². The van der Waals surface area contributed by atoms with Gasteiger partial charge in [-0.1, -0.05) is 24.7 Å². The highest BCUT2D eigenvalue weighted by Gasteiger charge is 2.13. The van der Waals surface area contributed by atoms with Crippen LogP contribution in [0.15, 0.2) is 5.51 Å². The van der Waals surface area contributed by atoms with E-state index < -0.39 is 5.97 Å². The molecule has 0 spiro atoms. The Morgan fingerprint density at radius 2 is 2.22 bits per heavy atom. The molecule has 6 heteroatoms. The first-order valence-corrected chi connectivity index (χ1v) is 6.91. The number of carboxylic acids is 1. The fraction of sp³-hybridized carbons (Fsp3) is 0.667. The summed E-state index contributed by atoms with van der Waals surface area (Å²) in [5.74, 6) is -1.22. The predicted molar refractivity (Wildman–Crippen MR) is 69.0 cm³/mol. The van der Waals surface area contributed by atoms with E-state index in [0.29, 0.717) is 0 Å². The van der Waals surface area contributed by atoms with Crippen molar-refractivity contribution in [2.45, 2.75) is 39.7 Å². The van der Waals surface area contributed by atoms with Crippen LogP contribution < -0.4 is 15.4 Å². The van der Waals surface area contributed by atoms with Gasteiger partial charge in [0, 0.05) is 32.9 Å². The molecule has 1 heterocycles. The Morgan fingerprint density at radius 1 is 1.61 bits per heavy atom. The molecule has 0 saturated carbocycles. The predicted octanol–water partition coefficient (Wildman–Crippen LogP) is -0.626. The maximum absolute atomic E-state index is 9.13. The summed E-state index contributed by atoms with van der Waals surface area (Å²) in [4.78, 5) is 10.5. The highest BCUT2D eigenvalue weighted by molar-refractivity contribution is 7.09. The van der Waals surface area contributed by atoms with Crippen LogP contribution in [0.2, 0.25) is 0 Å². The average Bonchev–Trinajstić information content (AvgIpc) is 2.70. The van der Waals surface area contributed by atoms with Crippen LogP contribution in [0.4, 0.5) is 0 Å². The van der Waals surface area contributed by atoms with E-state index in [-0.39, 0.29) is 13.2 Å². The smallest absolute Gasteiger partial charge is 0.225 e. The van der Waals surface area contributed by atoms with Crippen LogP contribution in [0, 0.1) is 6.92 Å². The zero-order valence-electron chi connectivity index (χ0n) is 11.0. The van der Waals surface area contributed by atoms with Crippen molar-refractivity contribution in [3.8, 4) is 0 Å². The van der Waals surface area contributed by atoms with Gasteiger partial charge in [0.1, 0.15) is 6.54 Å². The number of hydrogen-bond acceptors (Lipinski definition) is 5. The summed E-state index contributed by atoms with van der Waals surface area (Å²) in [5.41, 5.74) is 8.00. The van der Waals surface area contributed by atoms with Crippen molar-refractivity contribution in [3.05, 3.63) is 16.1 Å². The van der Waals surface area contributed by atoms with Crippen LogP contribution >= 0.6 is 11.3 Å². The van der Waals surface area contributed by atoms with E-state index in [9.17, 15) is 0 Å². The Labute approximate surface area is 112 Å². The van der Waals surface area contributed by atoms with E-state index in [0.717, 1.165) is 13.0 Å². The van der Waals surface area contributed by atoms with Gasteiger partial charge < -0.3 is 20.7 Å². The number of carbonyl (C=O) groups excluding carboxylic acids is 1. The first-order chi connectivity index (χ1) is 8.56. The molecule has 0 atom stereocenters. The monoisotopic (exact) mass is 274 g/mol. The molecule has 0 radical (unpaired) electrons. The van der Waals surface area contributed by atoms with Crippen LogP contribution in [0.1, 0.15) is 30.3 Å². The van der Waals surface area contributed by atoms with Crippen LogP contribution in [-0.4, -0.2) is 24.2 Å². The highest BCUT2D eigenvalue weighted by atomic mass is 32.1. The summed E-state index contributed by atoms with van der Waals surface area (Å²) < 4.78 is 2.29. The Kier molecular flexibility index (Phi) is 9.45. The van der Waals surface area contributed by atoms with Crippen molar-refractivity contribution >= 4 is 17.3 Å². The summed E-state index contributed by atoms with van der Waals surface area (Å²) in [7, 11) is 0. The van der Waals surface area contributed by atoms with E-state index in [1.165, 1.54) is 23.4 Å². The maximum atomic E-state index is 9.13. The van der Waals surface area contributed by atoms with Crippen molar-refractivity contribution in [2.75, 3.05) is 13.2 Å². The number of aliphatic hydroxyl groups is 1. The number of unbranched alkanes of at least 4 members (excludes halogenated alkanes) is 1. The summed E-state index contributed by atoms with van der Waals surface area (Å²) in [6, 6.07) is 0. The summed E-state index contributed by atoms with van der Waals surface area (Å²) in [6.45, 7) is 5.33.